The number of carbonyl (C=O) groups excluding carboxylic acids is 1. The molecule has 0 atom stereocenters. The maximum atomic E-state index is 11.3. The first-order valence-corrected chi connectivity index (χ1v) is 7.33. The van der Waals surface area contributed by atoms with Crippen molar-refractivity contribution < 1.29 is 4.79 Å². The molecule has 1 heterocycles. The molecule has 1 aliphatic rings. The monoisotopic (exact) mass is 268 g/mol. The molecule has 3 N–H and O–H groups in total. The van der Waals surface area contributed by atoms with Gasteiger partial charge in [0.2, 0.25) is 5.91 Å². The zero-order chi connectivity index (χ0) is 14.3. The Morgan fingerprint density at radius 1 is 1.42 bits per heavy atom. The van der Waals surface area contributed by atoms with Crippen LogP contribution in [0, 0.1) is 11.8 Å². The molecule has 0 bridgehead atoms. The van der Waals surface area contributed by atoms with E-state index in [0.717, 1.165) is 25.4 Å². The SMILES string of the molecule is CC1CCN(C(N)=NCCCNC(=O)C(C)C)CC1. The molecule has 0 aromatic carbocycles. The number of hydrogen-bond donors (Lipinski definition) is 2. The summed E-state index contributed by atoms with van der Waals surface area (Å²) >= 11 is 0. The van der Waals surface area contributed by atoms with Crippen LogP contribution in [0.5, 0.6) is 0 Å². The number of amides is 1. The summed E-state index contributed by atoms with van der Waals surface area (Å²) < 4.78 is 0. The van der Waals surface area contributed by atoms with E-state index in [1.54, 1.807) is 0 Å². The van der Waals surface area contributed by atoms with Crippen LogP contribution in [0.25, 0.3) is 0 Å². The summed E-state index contributed by atoms with van der Waals surface area (Å²) in [5.74, 6) is 1.60. The van der Waals surface area contributed by atoms with Gasteiger partial charge < -0.3 is 16.0 Å². The van der Waals surface area contributed by atoms with E-state index in [9.17, 15) is 4.79 Å². The van der Waals surface area contributed by atoms with Gasteiger partial charge in [0, 0.05) is 32.1 Å². The van der Waals surface area contributed by atoms with Gasteiger partial charge >= 0.3 is 0 Å². The zero-order valence-corrected chi connectivity index (χ0v) is 12.5. The zero-order valence-electron chi connectivity index (χ0n) is 12.5. The van der Waals surface area contributed by atoms with E-state index in [4.69, 9.17) is 5.73 Å². The molecule has 0 aliphatic carbocycles. The molecule has 0 aromatic rings. The van der Waals surface area contributed by atoms with Crippen molar-refractivity contribution in [2.45, 2.75) is 40.0 Å². The van der Waals surface area contributed by atoms with Crippen LogP contribution in [-0.2, 0) is 4.79 Å². The van der Waals surface area contributed by atoms with Crippen LogP contribution in [0.2, 0.25) is 0 Å². The lowest BCUT2D eigenvalue weighted by atomic mass is 10.00. The van der Waals surface area contributed by atoms with Crippen molar-refractivity contribution >= 4 is 11.9 Å². The fourth-order valence-corrected chi connectivity index (χ4v) is 2.03. The summed E-state index contributed by atoms with van der Waals surface area (Å²) in [5.41, 5.74) is 5.97. The van der Waals surface area contributed by atoms with Crippen molar-refractivity contribution in [3.05, 3.63) is 0 Å². The molecule has 0 saturated carbocycles. The number of nitrogens with zero attached hydrogens (tertiary/aromatic N) is 2. The number of likely N-dealkylation sites (tertiary alicyclic amines) is 1. The van der Waals surface area contributed by atoms with E-state index in [1.807, 2.05) is 13.8 Å². The Kier molecular flexibility index (Phi) is 6.67. The minimum atomic E-state index is 0.0453. The summed E-state index contributed by atoms with van der Waals surface area (Å²) in [4.78, 5) is 17.9. The number of hydrogen-bond acceptors (Lipinski definition) is 2. The minimum Gasteiger partial charge on any atom is -0.370 e. The predicted molar refractivity (Wildman–Crippen MR) is 78.9 cm³/mol. The fourth-order valence-electron chi connectivity index (χ4n) is 2.03. The highest BCUT2D eigenvalue weighted by atomic mass is 16.1. The van der Waals surface area contributed by atoms with Crippen molar-refractivity contribution in [2.75, 3.05) is 26.2 Å². The molecule has 1 saturated heterocycles. The second-order valence-electron chi connectivity index (χ2n) is 5.71. The Bertz CT molecular complexity index is 307. The average molecular weight is 268 g/mol. The van der Waals surface area contributed by atoms with E-state index in [2.05, 4.69) is 22.1 Å². The molecule has 110 valence electrons. The number of guanidine groups is 1. The van der Waals surface area contributed by atoms with Gasteiger partial charge in [-0.1, -0.05) is 20.8 Å². The molecule has 1 fully saturated rings. The topological polar surface area (TPSA) is 70.7 Å². The molecule has 5 heteroatoms. The molecule has 1 aliphatic heterocycles. The number of piperidine rings is 1. The maximum Gasteiger partial charge on any atom is 0.222 e. The number of aliphatic imine (C=N–C) groups is 1. The molecule has 1 amide bonds. The molecule has 0 radical (unpaired) electrons. The van der Waals surface area contributed by atoms with Crippen LogP contribution in [0.15, 0.2) is 4.99 Å². The lowest BCUT2D eigenvalue weighted by molar-refractivity contribution is -0.123. The van der Waals surface area contributed by atoms with Gasteiger partial charge in [-0.05, 0) is 25.2 Å². The van der Waals surface area contributed by atoms with Crippen molar-refractivity contribution in [3.63, 3.8) is 0 Å². The van der Waals surface area contributed by atoms with Gasteiger partial charge in [0.25, 0.3) is 0 Å². The molecule has 19 heavy (non-hydrogen) atoms. The summed E-state index contributed by atoms with van der Waals surface area (Å²) in [6.45, 7) is 9.44. The van der Waals surface area contributed by atoms with E-state index in [0.29, 0.717) is 19.0 Å². The van der Waals surface area contributed by atoms with Gasteiger partial charge in [0.05, 0.1) is 0 Å². The number of carbonyl (C=O) groups is 1. The summed E-state index contributed by atoms with van der Waals surface area (Å²) in [5, 5.41) is 2.88. The van der Waals surface area contributed by atoms with Crippen molar-refractivity contribution in [1.82, 2.24) is 10.2 Å². The van der Waals surface area contributed by atoms with Gasteiger partial charge in [-0.2, -0.15) is 0 Å². The second kappa shape index (κ2) is 8.02. The highest BCUT2D eigenvalue weighted by Crippen LogP contribution is 2.15. The van der Waals surface area contributed by atoms with E-state index >= 15 is 0 Å². The van der Waals surface area contributed by atoms with Crippen molar-refractivity contribution in [2.24, 2.45) is 22.6 Å². The molecule has 0 spiro atoms. The first-order valence-electron chi connectivity index (χ1n) is 7.33. The summed E-state index contributed by atoms with van der Waals surface area (Å²) in [7, 11) is 0. The highest BCUT2D eigenvalue weighted by molar-refractivity contribution is 5.78. The number of nitrogens with two attached hydrogens (primary N) is 1. The second-order valence-corrected chi connectivity index (χ2v) is 5.71. The molecule has 1 rings (SSSR count). The van der Waals surface area contributed by atoms with Crippen molar-refractivity contribution in [3.8, 4) is 0 Å². The van der Waals surface area contributed by atoms with E-state index < -0.39 is 0 Å². The summed E-state index contributed by atoms with van der Waals surface area (Å²) in [6, 6.07) is 0. The quantitative estimate of drug-likeness (QED) is 0.447. The Morgan fingerprint density at radius 2 is 2.05 bits per heavy atom. The van der Waals surface area contributed by atoms with E-state index in [1.165, 1.54) is 12.8 Å². The van der Waals surface area contributed by atoms with Crippen LogP contribution < -0.4 is 11.1 Å². The molecular formula is C14H28N4O. The first kappa shape index (κ1) is 15.8. The summed E-state index contributed by atoms with van der Waals surface area (Å²) in [6.07, 6.45) is 3.23. The van der Waals surface area contributed by atoms with Crippen molar-refractivity contribution in [1.29, 1.82) is 0 Å². The fraction of sp³-hybridized carbons (Fsp3) is 0.857. The third kappa shape index (κ3) is 5.94. The highest BCUT2D eigenvalue weighted by Gasteiger charge is 2.16. The van der Waals surface area contributed by atoms with Gasteiger partial charge in [-0.25, -0.2) is 0 Å². The smallest absolute Gasteiger partial charge is 0.222 e. The Hall–Kier alpha value is -1.26. The van der Waals surface area contributed by atoms with E-state index in [-0.39, 0.29) is 11.8 Å². The van der Waals surface area contributed by atoms with Gasteiger partial charge in [-0.15, -0.1) is 0 Å². The molecule has 5 nitrogen and oxygen atoms in total. The van der Waals surface area contributed by atoms with Gasteiger partial charge in [0.15, 0.2) is 5.96 Å². The Morgan fingerprint density at radius 3 is 2.63 bits per heavy atom. The van der Waals surface area contributed by atoms with Crippen LogP contribution in [0.4, 0.5) is 0 Å². The lowest BCUT2D eigenvalue weighted by Crippen LogP contribution is -2.42. The van der Waals surface area contributed by atoms with Crippen LogP contribution in [-0.4, -0.2) is 42.9 Å². The third-order valence-corrected chi connectivity index (χ3v) is 3.54. The van der Waals surface area contributed by atoms with Crippen LogP contribution >= 0.6 is 0 Å². The minimum absolute atomic E-state index is 0.0453. The van der Waals surface area contributed by atoms with Gasteiger partial charge in [0.1, 0.15) is 0 Å². The Labute approximate surface area is 116 Å². The number of rotatable bonds is 5. The standard InChI is InChI=1S/C14H28N4O/c1-11(2)13(19)16-7-4-8-17-14(15)18-9-5-12(3)6-10-18/h11-12H,4-10H2,1-3H3,(H2,15,17)(H,16,19). The lowest BCUT2D eigenvalue weighted by Gasteiger charge is -2.31. The molecular weight excluding hydrogens is 240 g/mol. The molecule has 0 unspecified atom stereocenters. The molecule has 0 aromatic heterocycles. The Balaban J connectivity index is 2.16. The van der Waals surface area contributed by atoms with Crippen LogP contribution in [0.3, 0.4) is 0 Å². The maximum absolute atomic E-state index is 11.3. The normalized spacial score (nSPS) is 17.9. The largest absolute Gasteiger partial charge is 0.370 e. The number of nitrogens with one attached hydrogen (secondary N) is 1. The van der Waals surface area contributed by atoms with Crippen LogP contribution in [0.1, 0.15) is 40.0 Å². The predicted octanol–water partition coefficient (Wildman–Crippen LogP) is 1.20. The first-order chi connectivity index (χ1) is 9.00. The van der Waals surface area contributed by atoms with Gasteiger partial charge in [-0.3, -0.25) is 9.79 Å². The average Bonchev–Trinajstić information content (AvgIpc) is 2.38. The third-order valence-electron chi connectivity index (χ3n) is 3.54.